The van der Waals surface area contributed by atoms with Crippen molar-refractivity contribution >= 4 is 28.2 Å². The van der Waals surface area contributed by atoms with Crippen LogP contribution in [0.25, 0.3) is 16.6 Å². The molecule has 0 atom stereocenters. The summed E-state index contributed by atoms with van der Waals surface area (Å²) in [5.41, 5.74) is 3.81. The van der Waals surface area contributed by atoms with Crippen LogP contribution in [0.5, 0.6) is 11.5 Å². The number of nitrogens with zero attached hydrogens (tertiary/aromatic N) is 5. The summed E-state index contributed by atoms with van der Waals surface area (Å²) in [7, 11) is 0. The zero-order chi connectivity index (χ0) is 28.6. The molecule has 4 heterocycles. The minimum atomic E-state index is -0.354. The lowest BCUT2D eigenvalue weighted by Crippen LogP contribution is -2.47. The van der Waals surface area contributed by atoms with Gasteiger partial charge in [0, 0.05) is 45.5 Å². The molecule has 4 aromatic rings. The number of ether oxygens (including phenoxy) is 1. The Morgan fingerprint density at radius 1 is 0.857 bits per heavy atom. The Labute approximate surface area is 244 Å². The van der Waals surface area contributed by atoms with Gasteiger partial charge in [-0.2, -0.15) is 5.26 Å². The second-order valence-corrected chi connectivity index (χ2v) is 11.0. The molecule has 1 aromatic heterocycles. The molecule has 0 bridgehead atoms. The fourth-order valence-corrected chi connectivity index (χ4v) is 6.40. The molecular formula is C33H32N6O3. The molecule has 1 N–H and O–H groups in total. The van der Waals surface area contributed by atoms with Gasteiger partial charge in [-0.15, -0.1) is 0 Å². The predicted molar refractivity (Wildman–Crippen MR) is 163 cm³/mol. The number of hydrogen-bond donors (Lipinski definition) is 1. The Morgan fingerprint density at radius 2 is 1.55 bits per heavy atom. The molecule has 2 saturated heterocycles. The summed E-state index contributed by atoms with van der Waals surface area (Å²) in [6.45, 7) is 6.35. The number of amides is 1. The summed E-state index contributed by atoms with van der Waals surface area (Å²) in [4.78, 5) is 33.8. The molecule has 2 fully saturated rings. The van der Waals surface area contributed by atoms with Crippen molar-refractivity contribution < 1.29 is 9.53 Å². The third-order valence-corrected chi connectivity index (χ3v) is 8.58. The lowest BCUT2D eigenvalue weighted by molar-refractivity contribution is 0.0948. The summed E-state index contributed by atoms with van der Waals surface area (Å²) in [6.07, 6.45) is 4.06. The third-order valence-electron chi connectivity index (χ3n) is 8.58. The van der Waals surface area contributed by atoms with Crippen LogP contribution in [-0.4, -0.2) is 67.7 Å². The van der Waals surface area contributed by atoms with Gasteiger partial charge in [0.25, 0.3) is 5.91 Å². The van der Waals surface area contributed by atoms with Crippen molar-refractivity contribution in [3.8, 4) is 23.3 Å². The maximum atomic E-state index is 13.7. The molecule has 212 valence electrons. The number of likely N-dealkylation sites (tertiary alicyclic amines) is 1. The number of fused-ring (bicyclic) bond motifs is 2. The van der Waals surface area contributed by atoms with Crippen LogP contribution in [0, 0.1) is 11.3 Å². The van der Waals surface area contributed by atoms with Crippen molar-refractivity contribution in [3.05, 3.63) is 88.2 Å². The van der Waals surface area contributed by atoms with E-state index >= 15 is 0 Å². The van der Waals surface area contributed by atoms with E-state index < -0.39 is 0 Å². The van der Waals surface area contributed by atoms with Crippen molar-refractivity contribution in [1.82, 2.24) is 14.8 Å². The molecule has 7 rings (SSSR count). The number of anilines is 2. The standard InChI is InChI=1S/C33H32N6O3/c34-21-23-7-1-2-8-26(23)37-17-19-38(20-18-37)28-12-11-24-30-32(28)42-29-10-4-3-9-27(29)39(30)22-25(31(24)40)33(41)35-13-16-36-14-5-6-15-36/h1-4,7-12,22H,5-6,13-20H2,(H,35,41). The first-order valence-corrected chi connectivity index (χ1v) is 14.6. The maximum Gasteiger partial charge on any atom is 0.256 e. The number of benzene rings is 3. The van der Waals surface area contributed by atoms with Crippen LogP contribution in [0.15, 0.2) is 71.7 Å². The molecule has 42 heavy (non-hydrogen) atoms. The predicted octanol–water partition coefficient (Wildman–Crippen LogP) is 4.12. The van der Waals surface area contributed by atoms with Crippen molar-refractivity contribution in [2.45, 2.75) is 12.8 Å². The largest absolute Gasteiger partial charge is 0.451 e. The lowest BCUT2D eigenvalue weighted by atomic mass is 10.1. The number of nitrogens with one attached hydrogen (secondary N) is 1. The summed E-state index contributed by atoms with van der Waals surface area (Å²) < 4.78 is 8.43. The fraction of sp³-hybridized carbons (Fsp3) is 0.303. The van der Waals surface area contributed by atoms with E-state index in [0.29, 0.717) is 34.5 Å². The molecule has 3 aliphatic heterocycles. The van der Waals surface area contributed by atoms with Crippen molar-refractivity contribution in [3.63, 3.8) is 0 Å². The van der Waals surface area contributed by atoms with Crippen molar-refractivity contribution in [2.24, 2.45) is 0 Å². The van der Waals surface area contributed by atoms with Gasteiger partial charge in [0.15, 0.2) is 11.5 Å². The Hall–Kier alpha value is -4.81. The van der Waals surface area contributed by atoms with Crippen LogP contribution in [0.4, 0.5) is 11.4 Å². The van der Waals surface area contributed by atoms with Crippen LogP contribution in [0.3, 0.4) is 0 Å². The monoisotopic (exact) mass is 560 g/mol. The van der Waals surface area contributed by atoms with Crippen molar-refractivity contribution in [1.29, 1.82) is 5.26 Å². The average Bonchev–Trinajstić information content (AvgIpc) is 3.56. The summed E-state index contributed by atoms with van der Waals surface area (Å²) in [5, 5.41) is 13.0. The number of carbonyl (C=O) groups is 1. The first-order chi connectivity index (χ1) is 20.6. The Kier molecular flexibility index (Phi) is 6.76. The molecule has 3 aliphatic rings. The maximum absolute atomic E-state index is 13.7. The fourth-order valence-electron chi connectivity index (χ4n) is 6.40. The number of carbonyl (C=O) groups excluding carboxylic acids is 1. The molecule has 0 aliphatic carbocycles. The second kappa shape index (κ2) is 10.9. The van der Waals surface area contributed by atoms with Gasteiger partial charge in [-0.3, -0.25) is 9.59 Å². The molecular weight excluding hydrogens is 528 g/mol. The van der Waals surface area contributed by atoms with Gasteiger partial charge in [-0.05, 0) is 62.3 Å². The molecule has 0 saturated carbocycles. The van der Waals surface area contributed by atoms with E-state index in [1.807, 2.05) is 65.2 Å². The molecule has 1 amide bonds. The summed E-state index contributed by atoms with van der Waals surface area (Å²) >= 11 is 0. The second-order valence-electron chi connectivity index (χ2n) is 11.0. The normalized spacial score (nSPS) is 16.2. The van der Waals surface area contributed by atoms with E-state index in [0.717, 1.165) is 62.9 Å². The number of pyridine rings is 1. The van der Waals surface area contributed by atoms with Gasteiger partial charge in [-0.1, -0.05) is 24.3 Å². The lowest BCUT2D eigenvalue weighted by Gasteiger charge is -2.39. The molecule has 0 unspecified atom stereocenters. The Balaban J connectivity index is 1.22. The average molecular weight is 561 g/mol. The van der Waals surface area contributed by atoms with Crippen LogP contribution in [0.2, 0.25) is 0 Å². The van der Waals surface area contributed by atoms with Gasteiger partial charge < -0.3 is 29.3 Å². The van der Waals surface area contributed by atoms with Gasteiger partial charge in [0.1, 0.15) is 17.1 Å². The zero-order valence-electron chi connectivity index (χ0n) is 23.4. The van der Waals surface area contributed by atoms with Gasteiger partial charge in [-0.25, -0.2) is 0 Å². The molecule has 9 nitrogen and oxygen atoms in total. The number of nitriles is 1. The van der Waals surface area contributed by atoms with Gasteiger partial charge >= 0.3 is 0 Å². The smallest absolute Gasteiger partial charge is 0.256 e. The molecule has 3 aromatic carbocycles. The minimum Gasteiger partial charge on any atom is -0.451 e. The quantitative estimate of drug-likeness (QED) is 0.334. The van der Waals surface area contributed by atoms with Crippen LogP contribution in [0.1, 0.15) is 28.8 Å². The Morgan fingerprint density at radius 3 is 2.31 bits per heavy atom. The van der Waals surface area contributed by atoms with Crippen molar-refractivity contribution in [2.75, 3.05) is 62.2 Å². The molecule has 9 heteroatoms. The minimum absolute atomic E-state index is 0.129. The van der Waals surface area contributed by atoms with Crippen LogP contribution >= 0.6 is 0 Å². The van der Waals surface area contributed by atoms with E-state index in [-0.39, 0.29) is 16.9 Å². The topological polar surface area (TPSA) is 93.8 Å². The highest BCUT2D eigenvalue weighted by atomic mass is 16.5. The van der Waals surface area contributed by atoms with Gasteiger partial charge in [0.05, 0.1) is 28.0 Å². The Bertz CT molecular complexity index is 1780. The summed E-state index contributed by atoms with van der Waals surface area (Å²) in [5.74, 6) is 0.938. The number of rotatable bonds is 6. The summed E-state index contributed by atoms with van der Waals surface area (Å²) in [6, 6.07) is 21.4. The number of hydrogen-bond acceptors (Lipinski definition) is 7. The molecule has 0 spiro atoms. The third kappa shape index (κ3) is 4.54. The van der Waals surface area contributed by atoms with E-state index in [9.17, 15) is 14.9 Å². The first kappa shape index (κ1) is 26.1. The highest BCUT2D eigenvalue weighted by molar-refractivity contribution is 6.01. The molecule has 0 radical (unpaired) electrons. The number of aromatic nitrogens is 1. The van der Waals surface area contributed by atoms with Gasteiger partial charge in [0.2, 0.25) is 5.43 Å². The zero-order valence-corrected chi connectivity index (χ0v) is 23.4. The van der Waals surface area contributed by atoms with E-state index in [1.165, 1.54) is 12.8 Å². The SMILES string of the molecule is N#Cc1ccccc1N1CCN(c2ccc3c(=O)c(C(=O)NCCN4CCCC4)cn4c3c2Oc2ccccc2-4)CC1. The van der Waals surface area contributed by atoms with Crippen LogP contribution < -0.4 is 25.3 Å². The highest BCUT2D eigenvalue weighted by Crippen LogP contribution is 2.45. The van der Waals surface area contributed by atoms with E-state index in [4.69, 9.17) is 4.74 Å². The van der Waals surface area contributed by atoms with E-state index in [1.54, 1.807) is 6.20 Å². The highest BCUT2D eigenvalue weighted by Gasteiger charge is 2.29. The number of para-hydroxylation sites is 3. The van der Waals surface area contributed by atoms with Crippen LogP contribution in [-0.2, 0) is 0 Å². The number of piperazine rings is 1. The van der Waals surface area contributed by atoms with E-state index in [2.05, 4.69) is 26.1 Å². The first-order valence-electron chi connectivity index (χ1n) is 14.6.